The first-order valence-corrected chi connectivity index (χ1v) is 12.5. The third kappa shape index (κ3) is 4.29. The van der Waals surface area contributed by atoms with E-state index < -0.39 is 28.9 Å². The molecule has 4 atom stereocenters. The molecule has 1 aromatic rings. The second-order valence-electron chi connectivity index (χ2n) is 9.67. The van der Waals surface area contributed by atoms with Gasteiger partial charge in [0.25, 0.3) is 0 Å². The van der Waals surface area contributed by atoms with Gasteiger partial charge in [-0.25, -0.2) is 0 Å². The zero-order valence-corrected chi connectivity index (χ0v) is 19.1. The predicted molar refractivity (Wildman–Crippen MR) is 116 cm³/mol. The van der Waals surface area contributed by atoms with E-state index in [1.54, 1.807) is 0 Å². The summed E-state index contributed by atoms with van der Waals surface area (Å²) in [4.78, 5) is 28.7. The van der Waals surface area contributed by atoms with E-state index in [-0.39, 0.29) is 28.3 Å². The fraction of sp³-hybridized carbons (Fsp3) is 0.727. The Morgan fingerprint density at radius 2 is 1.73 bits per heavy atom. The van der Waals surface area contributed by atoms with Crippen LogP contribution < -0.4 is 10.6 Å². The van der Waals surface area contributed by atoms with Gasteiger partial charge >= 0.3 is 6.18 Å². The van der Waals surface area contributed by atoms with E-state index in [1.807, 2.05) is 6.08 Å². The number of amides is 2. The van der Waals surface area contributed by atoms with Crippen LogP contribution in [-0.4, -0.2) is 53.1 Å². The fourth-order valence-corrected chi connectivity index (χ4v) is 6.70. The first kappa shape index (κ1) is 22.8. The smallest absolute Gasteiger partial charge is 0.356 e. The molecule has 2 heterocycles. The molecule has 7 nitrogen and oxygen atoms in total. The number of halogens is 3. The molecule has 33 heavy (non-hydrogen) atoms. The molecule has 1 spiro atoms. The predicted octanol–water partition coefficient (Wildman–Crippen LogP) is 3.32. The number of carbonyl (C=O) groups excluding carboxylic acids is 2. The first-order valence-electron chi connectivity index (χ1n) is 11.7. The number of nitrogens with one attached hydrogen (secondary N) is 2. The van der Waals surface area contributed by atoms with Crippen molar-refractivity contribution in [3.63, 3.8) is 0 Å². The average molecular weight is 484 g/mol. The van der Waals surface area contributed by atoms with Crippen molar-refractivity contribution >= 4 is 28.3 Å². The summed E-state index contributed by atoms with van der Waals surface area (Å²) >= 11 is 0.300. The van der Waals surface area contributed by atoms with Crippen LogP contribution in [0.5, 0.6) is 0 Å². The Kier molecular flexibility index (Phi) is 5.97. The first-order chi connectivity index (χ1) is 15.8. The Morgan fingerprint density at radius 3 is 2.33 bits per heavy atom. The Labute approximate surface area is 194 Å². The summed E-state index contributed by atoms with van der Waals surface area (Å²) < 4.78 is 38.5. The van der Waals surface area contributed by atoms with E-state index in [2.05, 4.69) is 31.8 Å². The molecule has 0 unspecified atom stereocenters. The highest BCUT2D eigenvalue weighted by Crippen LogP contribution is 2.72. The third-order valence-electron chi connectivity index (χ3n) is 7.74. The molecule has 11 heteroatoms. The average Bonchev–Trinajstić information content (AvgIpc) is 3.11. The van der Waals surface area contributed by atoms with Gasteiger partial charge in [-0.1, -0.05) is 23.5 Å². The molecule has 0 radical (unpaired) electrons. The van der Waals surface area contributed by atoms with Gasteiger partial charge in [0.05, 0.1) is 11.8 Å². The quantitative estimate of drug-likeness (QED) is 0.438. The summed E-state index contributed by atoms with van der Waals surface area (Å²) in [6.07, 6.45) is 5.82. The Bertz CT molecular complexity index is 939. The molecule has 2 N–H and O–H groups in total. The molecule has 2 saturated carbocycles. The van der Waals surface area contributed by atoms with E-state index >= 15 is 0 Å². The summed E-state index contributed by atoms with van der Waals surface area (Å²) in [6.45, 7) is 3.92. The van der Waals surface area contributed by atoms with Gasteiger partial charge in [0.15, 0.2) is 0 Å². The zero-order chi connectivity index (χ0) is 23.2. The molecule has 3 aliphatic carbocycles. The van der Waals surface area contributed by atoms with Gasteiger partial charge in [0.1, 0.15) is 0 Å². The molecule has 1 aromatic heterocycles. The van der Waals surface area contributed by atoms with Gasteiger partial charge in [-0.3, -0.25) is 9.59 Å². The van der Waals surface area contributed by atoms with Gasteiger partial charge < -0.3 is 15.5 Å². The number of carbonyl (C=O) groups is 2. The Morgan fingerprint density at radius 1 is 1.06 bits per heavy atom. The van der Waals surface area contributed by atoms with Gasteiger partial charge in [-0.2, -0.15) is 13.2 Å². The number of hydrogen-bond donors (Lipinski definition) is 2. The van der Waals surface area contributed by atoms with Crippen LogP contribution in [0.2, 0.25) is 0 Å². The number of hydrogen-bond acceptors (Lipinski definition) is 6. The van der Waals surface area contributed by atoms with Gasteiger partial charge in [-0.15, -0.1) is 10.2 Å². The van der Waals surface area contributed by atoms with Crippen LogP contribution in [-0.2, 0) is 15.8 Å². The van der Waals surface area contributed by atoms with Gasteiger partial charge in [0, 0.05) is 6.54 Å². The summed E-state index contributed by atoms with van der Waals surface area (Å²) in [5.41, 5.74) is -0.0436. The molecule has 1 aliphatic heterocycles. The topological polar surface area (TPSA) is 87.2 Å². The maximum absolute atomic E-state index is 13.2. The van der Waals surface area contributed by atoms with Crippen LogP contribution >= 0.6 is 11.3 Å². The van der Waals surface area contributed by atoms with Crippen molar-refractivity contribution in [1.29, 1.82) is 0 Å². The largest absolute Gasteiger partial charge is 0.445 e. The second kappa shape index (κ2) is 8.65. The molecule has 0 aromatic carbocycles. The zero-order valence-electron chi connectivity index (χ0n) is 18.2. The second-order valence-corrected chi connectivity index (χ2v) is 10.6. The van der Waals surface area contributed by atoms with Crippen molar-refractivity contribution < 1.29 is 22.8 Å². The molecule has 2 amide bonds. The highest BCUT2D eigenvalue weighted by atomic mass is 32.1. The fourth-order valence-electron chi connectivity index (χ4n) is 6.08. The monoisotopic (exact) mass is 483 g/mol. The molecule has 3 fully saturated rings. The SMILES string of the molecule is O=C(NCCCCN1CCCC1)[C@H]1[C@H](C(=O)Nc2nnc(C(F)(F)F)s2)[C@@H]2C=C[C@H]1C21CC1. The lowest BCUT2D eigenvalue weighted by Gasteiger charge is -2.25. The highest BCUT2D eigenvalue weighted by molar-refractivity contribution is 7.15. The van der Waals surface area contributed by atoms with Crippen LogP contribution in [0.15, 0.2) is 12.2 Å². The maximum atomic E-state index is 13.2. The number of nitrogens with zero attached hydrogens (tertiary/aromatic N) is 3. The molecule has 2 bridgehead atoms. The minimum Gasteiger partial charge on any atom is -0.356 e. The highest BCUT2D eigenvalue weighted by Gasteiger charge is 2.69. The van der Waals surface area contributed by atoms with Crippen molar-refractivity contribution in [3.8, 4) is 0 Å². The number of unbranched alkanes of at least 4 members (excludes halogenated alkanes) is 1. The van der Waals surface area contributed by atoms with Crippen LogP contribution in [0.25, 0.3) is 0 Å². The minimum absolute atomic E-state index is 0.00278. The van der Waals surface area contributed by atoms with Crippen molar-refractivity contribution in [3.05, 3.63) is 17.2 Å². The molecule has 180 valence electrons. The number of anilines is 1. The van der Waals surface area contributed by atoms with E-state index in [4.69, 9.17) is 0 Å². The van der Waals surface area contributed by atoms with Crippen LogP contribution in [0, 0.1) is 29.1 Å². The number of allylic oxidation sites excluding steroid dienone is 2. The summed E-state index contributed by atoms with van der Waals surface area (Å²) in [5.74, 6) is -1.75. The lowest BCUT2D eigenvalue weighted by molar-refractivity contribution is -0.138. The Hall–Kier alpha value is -2.01. The van der Waals surface area contributed by atoms with Gasteiger partial charge in [0.2, 0.25) is 22.0 Å². The van der Waals surface area contributed by atoms with E-state index in [0.717, 1.165) is 45.3 Å². The maximum Gasteiger partial charge on any atom is 0.445 e. The summed E-state index contributed by atoms with van der Waals surface area (Å²) in [7, 11) is 0. The lowest BCUT2D eigenvalue weighted by Crippen LogP contribution is -2.42. The van der Waals surface area contributed by atoms with E-state index in [0.29, 0.717) is 17.9 Å². The van der Waals surface area contributed by atoms with Crippen molar-refractivity contribution in [2.75, 3.05) is 31.5 Å². The van der Waals surface area contributed by atoms with Crippen LogP contribution in [0.3, 0.4) is 0 Å². The van der Waals surface area contributed by atoms with Crippen molar-refractivity contribution in [2.45, 2.75) is 44.7 Å². The van der Waals surface area contributed by atoms with Crippen LogP contribution in [0.4, 0.5) is 18.3 Å². The minimum atomic E-state index is -4.61. The van der Waals surface area contributed by atoms with Crippen molar-refractivity contribution in [2.24, 2.45) is 29.1 Å². The van der Waals surface area contributed by atoms with Gasteiger partial charge in [-0.05, 0) is 75.4 Å². The lowest BCUT2D eigenvalue weighted by atomic mass is 9.81. The summed E-state index contributed by atoms with van der Waals surface area (Å²) in [5, 5.41) is 10.8. The number of aromatic nitrogens is 2. The third-order valence-corrected chi connectivity index (χ3v) is 8.63. The van der Waals surface area contributed by atoms with E-state index in [1.165, 1.54) is 12.8 Å². The number of rotatable bonds is 8. The number of likely N-dealkylation sites (tertiary alicyclic amines) is 1. The van der Waals surface area contributed by atoms with Crippen LogP contribution in [0.1, 0.15) is 43.5 Å². The molecule has 4 aliphatic rings. The molecule has 5 rings (SSSR count). The van der Waals surface area contributed by atoms with E-state index in [9.17, 15) is 22.8 Å². The number of alkyl halides is 3. The summed E-state index contributed by atoms with van der Waals surface area (Å²) in [6, 6.07) is 0. The molecular formula is C22H28F3N5O2S. The normalized spacial score (nSPS) is 29.7. The van der Waals surface area contributed by atoms with Crippen molar-refractivity contribution in [1.82, 2.24) is 20.4 Å². The Balaban J connectivity index is 1.21. The standard InChI is InChI=1S/C22H28F3N5O2S/c23-22(24,25)19-28-29-20(33-19)27-18(32)16-14-6-5-13(21(14)7-8-21)15(16)17(31)26-9-1-2-10-30-11-3-4-12-30/h5-6,13-16H,1-4,7-12H2,(H,26,31)(H,27,29,32)/t13-,14+,15-,16-/m1/s1. The molecule has 1 saturated heterocycles. The molecular weight excluding hydrogens is 455 g/mol.